The van der Waals surface area contributed by atoms with Crippen LogP contribution >= 0.6 is 0 Å². The van der Waals surface area contributed by atoms with Gasteiger partial charge < -0.3 is 10.4 Å². The molecular formula is C15H20FNO2. The van der Waals surface area contributed by atoms with Crippen LogP contribution < -0.4 is 5.32 Å². The highest BCUT2D eigenvalue weighted by Gasteiger charge is 2.32. The second-order valence-electron chi connectivity index (χ2n) is 5.35. The highest BCUT2D eigenvalue weighted by molar-refractivity contribution is 5.70. The Balaban J connectivity index is 1.83. The van der Waals surface area contributed by atoms with Gasteiger partial charge in [-0.1, -0.05) is 18.6 Å². The van der Waals surface area contributed by atoms with Crippen molar-refractivity contribution in [3.8, 4) is 0 Å². The molecule has 2 unspecified atom stereocenters. The van der Waals surface area contributed by atoms with Crippen molar-refractivity contribution < 1.29 is 14.3 Å². The lowest BCUT2D eigenvalue weighted by Gasteiger charge is -2.16. The number of carboxylic acids is 1. The highest BCUT2D eigenvalue weighted by atomic mass is 19.1. The largest absolute Gasteiger partial charge is 0.481 e. The molecule has 0 aliphatic heterocycles. The number of carbonyl (C=O) groups is 1. The first-order valence-corrected chi connectivity index (χ1v) is 6.76. The van der Waals surface area contributed by atoms with Crippen LogP contribution in [0, 0.1) is 24.6 Å². The SMILES string of the molecule is Cc1cc(CNCC2CCCC2C(=O)O)ccc1F. The average molecular weight is 265 g/mol. The fourth-order valence-electron chi connectivity index (χ4n) is 2.82. The van der Waals surface area contributed by atoms with Crippen molar-refractivity contribution in [2.24, 2.45) is 11.8 Å². The van der Waals surface area contributed by atoms with Gasteiger partial charge in [0.05, 0.1) is 5.92 Å². The molecule has 1 aliphatic carbocycles. The number of aryl methyl sites for hydroxylation is 1. The summed E-state index contributed by atoms with van der Waals surface area (Å²) >= 11 is 0. The minimum atomic E-state index is -0.679. The third-order valence-corrected chi connectivity index (χ3v) is 3.93. The van der Waals surface area contributed by atoms with Gasteiger partial charge in [0, 0.05) is 6.54 Å². The predicted octanol–water partition coefficient (Wildman–Crippen LogP) is 2.72. The zero-order valence-corrected chi connectivity index (χ0v) is 11.2. The molecule has 2 N–H and O–H groups in total. The number of hydrogen-bond donors (Lipinski definition) is 2. The number of rotatable bonds is 5. The lowest BCUT2D eigenvalue weighted by Crippen LogP contribution is -2.28. The standard InChI is InChI=1S/C15H20FNO2/c1-10-7-11(5-6-14(10)16)8-17-9-12-3-2-4-13(12)15(18)19/h5-7,12-13,17H,2-4,8-9H2,1H3,(H,18,19). The van der Waals surface area contributed by atoms with Gasteiger partial charge in [-0.3, -0.25) is 4.79 Å². The van der Waals surface area contributed by atoms with Gasteiger partial charge in [0.15, 0.2) is 0 Å². The van der Waals surface area contributed by atoms with Gasteiger partial charge >= 0.3 is 5.97 Å². The number of halogens is 1. The van der Waals surface area contributed by atoms with Crippen molar-refractivity contribution in [1.82, 2.24) is 5.32 Å². The molecule has 0 radical (unpaired) electrons. The van der Waals surface area contributed by atoms with E-state index in [0.29, 0.717) is 18.7 Å². The maximum Gasteiger partial charge on any atom is 0.306 e. The Kier molecular flexibility index (Phi) is 4.53. The van der Waals surface area contributed by atoms with E-state index in [1.165, 1.54) is 6.07 Å². The molecule has 104 valence electrons. The first-order chi connectivity index (χ1) is 9.08. The molecular weight excluding hydrogens is 245 g/mol. The van der Waals surface area contributed by atoms with Crippen molar-refractivity contribution in [1.29, 1.82) is 0 Å². The Labute approximate surface area is 112 Å². The summed E-state index contributed by atoms with van der Waals surface area (Å²) in [6.45, 7) is 3.12. The van der Waals surface area contributed by atoms with Crippen molar-refractivity contribution in [2.75, 3.05) is 6.54 Å². The van der Waals surface area contributed by atoms with Crippen LogP contribution in [0.4, 0.5) is 4.39 Å². The van der Waals surface area contributed by atoms with Crippen LogP contribution in [-0.4, -0.2) is 17.6 Å². The second kappa shape index (κ2) is 6.15. The Morgan fingerprint density at radius 1 is 1.47 bits per heavy atom. The molecule has 0 heterocycles. The Morgan fingerprint density at radius 2 is 2.26 bits per heavy atom. The van der Waals surface area contributed by atoms with Crippen molar-refractivity contribution in [3.05, 3.63) is 35.1 Å². The number of hydrogen-bond acceptors (Lipinski definition) is 2. The minimum Gasteiger partial charge on any atom is -0.481 e. The fraction of sp³-hybridized carbons (Fsp3) is 0.533. The van der Waals surface area contributed by atoms with E-state index in [1.54, 1.807) is 13.0 Å². The Bertz CT molecular complexity index is 461. The highest BCUT2D eigenvalue weighted by Crippen LogP contribution is 2.31. The number of aliphatic carboxylic acids is 1. The fourth-order valence-corrected chi connectivity index (χ4v) is 2.82. The summed E-state index contributed by atoms with van der Waals surface area (Å²) in [6, 6.07) is 5.06. The summed E-state index contributed by atoms with van der Waals surface area (Å²) in [7, 11) is 0. The van der Waals surface area contributed by atoms with Crippen LogP contribution in [0.5, 0.6) is 0 Å². The van der Waals surface area contributed by atoms with Crippen LogP contribution in [0.15, 0.2) is 18.2 Å². The molecule has 0 spiro atoms. The molecule has 2 rings (SSSR count). The molecule has 1 aromatic rings. The molecule has 19 heavy (non-hydrogen) atoms. The van der Waals surface area contributed by atoms with Gasteiger partial charge in [-0.05, 0) is 49.4 Å². The van der Waals surface area contributed by atoms with Crippen molar-refractivity contribution in [2.45, 2.75) is 32.7 Å². The second-order valence-corrected chi connectivity index (χ2v) is 5.35. The quantitative estimate of drug-likeness (QED) is 0.860. The van der Waals surface area contributed by atoms with Crippen LogP contribution in [0.1, 0.15) is 30.4 Å². The van der Waals surface area contributed by atoms with E-state index in [0.717, 1.165) is 24.8 Å². The number of nitrogens with one attached hydrogen (secondary N) is 1. The normalized spacial score (nSPS) is 22.6. The summed E-state index contributed by atoms with van der Waals surface area (Å²) in [4.78, 5) is 11.1. The zero-order valence-electron chi connectivity index (χ0n) is 11.2. The lowest BCUT2D eigenvalue weighted by molar-refractivity contribution is -0.142. The van der Waals surface area contributed by atoms with E-state index in [-0.39, 0.29) is 17.7 Å². The van der Waals surface area contributed by atoms with Crippen LogP contribution in [0.25, 0.3) is 0 Å². The van der Waals surface area contributed by atoms with Gasteiger partial charge in [0.2, 0.25) is 0 Å². The third kappa shape index (κ3) is 3.53. The topological polar surface area (TPSA) is 49.3 Å². The molecule has 1 aromatic carbocycles. The van der Waals surface area contributed by atoms with Gasteiger partial charge in [0.25, 0.3) is 0 Å². The summed E-state index contributed by atoms with van der Waals surface area (Å²) in [5, 5.41) is 12.4. The zero-order chi connectivity index (χ0) is 13.8. The van der Waals surface area contributed by atoms with E-state index in [1.807, 2.05) is 6.07 Å². The summed E-state index contributed by atoms with van der Waals surface area (Å²) < 4.78 is 13.1. The molecule has 2 atom stereocenters. The molecule has 0 bridgehead atoms. The van der Waals surface area contributed by atoms with Crippen LogP contribution in [0.2, 0.25) is 0 Å². The van der Waals surface area contributed by atoms with Gasteiger partial charge in [-0.25, -0.2) is 4.39 Å². The molecule has 0 aromatic heterocycles. The third-order valence-electron chi connectivity index (χ3n) is 3.93. The predicted molar refractivity (Wildman–Crippen MR) is 71.3 cm³/mol. The molecule has 4 heteroatoms. The van der Waals surface area contributed by atoms with Gasteiger partial charge in [0.1, 0.15) is 5.82 Å². The van der Waals surface area contributed by atoms with Crippen LogP contribution in [-0.2, 0) is 11.3 Å². The average Bonchev–Trinajstić information content (AvgIpc) is 2.82. The van der Waals surface area contributed by atoms with Crippen molar-refractivity contribution >= 4 is 5.97 Å². The number of carboxylic acid groups (broad SMARTS) is 1. The maximum absolute atomic E-state index is 13.1. The summed E-state index contributed by atoms with van der Waals surface area (Å²) in [5.74, 6) is -0.853. The summed E-state index contributed by atoms with van der Waals surface area (Å²) in [6.07, 6.45) is 2.77. The molecule has 3 nitrogen and oxygen atoms in total. The smallest absolute Gasteiger partial charge is 0.306 e. The van der Waals surface area contributed by atoms with E-state index >= 15 is 0 Å². The lowest BCUT2D eigenvalue weighted by atomic mass is 9.96. The Morgan fingerprint density at radius 3 is 2.95 bits per heavy atom. The van der Waals surface area contributed by atoms with E-state index in [2.05, 4.69) is 5.32 Å². The maximum atomic E-state index is 13.1. The summed E-state index contributed by atoms with van der Waals surface area (Å²) in [5.41, 5.74) is 1.67. The van der Waals surface area contributed by atoms with E-state index < -0.39 is 5.97 Å². The monoisotopic (exact) mass is 265 g/mol. The molecule has 0 amide bonds. The number of benzene rings is 1. The van der Waals surface area contributed by atoms with Crippen molar-refractivity contribution in [3.63, 3.8) is 0 Å². The first kappa shape index (κ1) is 14.0. The van der Waals surface area contributed by atoms with Crippen LogP contribution in [0.3, 0.4) is 0 Å². The minimum absolute atomic E-state index is 0.189. The van der Waals surface area contributed by atoms with E-state index in [9.17, 15) is 9.18 Å². The molecule has 1 aliphatic rings. The Hall–Kier alpha value is -1.42. The first-order valence-electron chi connectivity index (χ1n) is 6.76. The van der Waals surface area contributed by atoms with Gasteiger partial charge in [-0.2, -0.15) is 0 Å². The van der Waals surface area contributed by atoms with Gasteiger partial charge in [-0.15, -0.1) is 0 Å². The van der Waals surface area contributed by atoms with E-state index in [4.69, 9.17) is 5.11 Å². The molecule has 0 saturated heterocycles. The molecule has 1 fully saturated rings. The molecule has 1 saturated carbocycles.